The van der Waals surface area contributed by atoms with Crippen LogP contribution in [0.25, 0.3) is 0 Å². The SMILES string of the molecule is C[C@@H](CO)Nc1ccnc(Nc2cccc([N+](=O)[O-])c2)n1. The lowest BCUT2D eigenvalue weighted by atomic mass is 10.3. The molecular formula is C13H15N5O3. The topological polar surface area (TPSA) is 113 Å². The molecule has 1 heterocycles. The zero-order chi connectivity index (χ0) is 15.2. The highest BCUT2D eigenvalue weighted by atomic mass is 16.6. The normalized spacial score (nSPS) is 11.7. The Hall–Kier alpha value is -2.74. The first-order chi connectivity index (χ1) is 10.1. The Morgan fingerprint density at radius 1 is 1.43 bits per heavy atom. The third kappa shape index (κ3) is 4.11. The molecule has 0 saturated carbocycles. The molecule has 1 aromatic heterocycles. The van der Waals surface area contributed by atoms with Gasteiger partial charge in [-0.2, -0.15) is 4.98 Å². The van der Waals surface area contributed by atoms with E-state index in [0.717, 1.165) is 0 Å². The van der Waals surface area contributed by atoms with Gasteiger partial charge in [-0.1, -0.05) is 6.07 Å². The summed E-state index contributed by atoms with van der Waals surface area (Å²) in [7, 11) is 0. The Labute approximate surface area is 121 Å². The maximum atomic E-state index is 10.7. The van der Waals surface area contributed by atoms with Crippen molar-refractivity contribution in [1.29, 1.82) is 0 Å². The molecule has 0 aliphatic carbocycles. The standard InChI is InChI=1S/C13H15N5O3/c1-9(8-19)15-12-5-6-14-13(17-12)16-10-3-2-4-11(7-10)18(20)21/h2-7,9,19H,8H2,1H3,(H2,14,15,16,17)/t9-/m0/s1. The van der Waals surface area contributed by atoms with Crippen molar-refractivity contribution in [2.24, 2.45) is 0 Å². The van der Waals surface area contributed by atoms with Gasteiger partial charge in [0.2, 0.25) is 5.95 Å². The van der Waals surface area contributed by atoms with E-state index in [2.05, 4.69) is 20.6 Å². The second kappa shape index (κ2) is 6.62. The minimum atomic E-state index is -0.465. The van der Waals surface area contributed by atoms with Crippen molar-refractivity contribution in [3.63, 3.8) is 0 Å². The lowest BCUT2D eigenvalue weighted by Gasteiger charge is -2.12. The Morgan fingerprint density at radius 3 is 2.95 bits per heavy atom. The van der Waals surface area contributed by atoms with Crippen molar-refractivity contribution < 1.29 is 10.0 Å². The molecule has 1 atom stereocenters. The number of non-ortho nitro benzene ring substituents is 1. The number of nitrogens with zero attached hydrogens (tertiary/aromatic N) is 3. The van der Waals surface area contributed by atoms with E-state index in [0.29, 0.717) is 17.5 Å². The van der Waals surface area contributed by atoms with Crippen LogP contribution in [0.1, 0.15) is 6.92 Å². The fraction of sp³-hybridized carbons (Fsp3) is 0.231. The van der Waals surface area contributed by atoms with E-state index < -0.39 is 4.92 Å². The highest BCUT2D eigenvalue weighted by molar-refractivity contribution is 5.58. The Balaban J connectivity index is 2.14. The van der Waals surface area contributed by atoms with Crippen molar-refractivity contribution in [1.82, 2.24) is 9.97 Å². The molecule has 0 aliphatic heterocycles. The number of hydrogen-bond acceptors (Lipinski definition) is 7. The molecule has 0 amide bonds. The summed E-state index contributed by atoms with van der Waals surface area (Å²) < 4.78 is 0. The number of aliphatic hydroxyl groups is 1. The zero-order valence-electron chi connectivity index (χ0n) is 11.4. The minimum Gasteiger partial charge on any atom is -0.394 e. The van der Waals surface area contributed by atoms with E-state index >= 15 is 0 Å². The average Bonchev–Trinajstić information content (AvgIpc) is 2.47. The van der Waals surface area contributed by atoms with Crippen LogP contribution in [-0.4, -0.2) is 32.6 Å². The van der Waals surface area contributed by atoms with E-state index in [-0.39, 0.29) is 18.3 Å². The molecule has 0 fully saturated rings. The van der Waals surface area contributed by atoms with Crippen LogP contribution in [0, 0.1) is 10.1 Å². The molecule has 8 nitrogen and oxygen atoms in total. The van der Waals surface area contributed by atoms with Crippen LogP contribution >= 0.6 is 0 Å². The quantitative estimate of drug-likeness (QED) is 0.550. The van der Waals surface area contributed by atoms with Gasteiger partial charge in [-0.15, -0.1) is 0 Å². The van der Waals surface area contributed by atoms with E-state index in [9.17, 15) is 10.1 Å². The van der Waals surface area contributed by atoms with Crippen LogP contribution in [0.4, 0.5) is 23.1 Å². The summed E-state index contributed by atoms with van der Waals surface area (Å²) in [4.78, 5) is 18.5. The van der Waals surface area contributed by atoms with Gasteiger partial charge >= 0.3 is 0 Å². The number of rotatable bonds is 6. The van der Waals surface area contributed by atoms with E-state index in [4.69, 9.17) is 5.11 Å². The zero-order valence-corrected chi connectivity index (χ0v) is 11.4. The fourth-order valence-electron chi connectivity index (χ4n) is 1.62. The third-order valence-corrected chi connectivity index (χ3v) is 2.64. The highest BCUT2D eigenvalue weighted by Gasteiger charge is 2.07. The molecule has 2 rings (SSSR count). The van der Waals surface area contributed by atoms with Gasteiger partial charge in [-0.05, 0) is 19.1 Å². The second-order valence-corrected chi connectivity index (χ2v) is 4.43. The number of anilines is 3. The largest absolute Gasteiger partial charge is 0.394 e. The Bertz CT molecular complexity index is 635. The summed E-state index contributed by atoms with van der Waals surface area (Å²) in [6, 6.07) is 7.62. The molecular weight excluding hydrogens is 274 g/mol. The van der Waals surface area contributed by atoms with Gasteiger partial charge in [-0.3, -0.25) is 10.1 Å². The molecule has 1 aromatic carbocycles. The summed E-state index contributed by atoms with van der Waals surface area (Å²) in [5.74, 6) is 0.866. The first-order valence-corrected chi connectivity index (χ1v) is 6.30. The molecule has 110 valence electrons. The fourth-order valence-corrected chi connectivity index (χ4v) is 1.62. The van der Waals surface area contributed by atoms with Gasteiger partial charge in [0, 0.05) is 30.1 Å². The molecule has 0 unspecified atom stereocenters. The van der Waals surface area contributed by atoms with E-state index in [1.165, 1.54) is 12.1 Å². The van der Waals surface area contributed by atoms with Crippen molar-refractivity contribution in [2.75, 3.05) is 17.2 Å². The first kappa shape index (κ1) is 14.7. The van der Waals surface area contributed by atoms with Crippen molar-refractivity contribution in [3.05, 3.63) is 46.6 Å². The molecule has 0 saturated heterocycles. The number of hydrogen-bond donors (Lipinski definition) is 3. The maximum absolute atomic E-state index is 10.7. The molecule has 0 aliphatic rings. The summed E-state index contributed by atoms with van der Waals surface area (Å²) in [6.45, 7) is 1.80. The first-order valence-electron chi connectivity index (χ1n) is 6.30. The number of aliphatic hydroxyl groups excluding tert-OH is 1. The van der Waals surface area contributed by atoms with E-state index in [1.807, 2.05) is 6.92 Å². The number of aromatic nitrogens is 2. The third-order valence-electron chi connectivity index (χ3n) is 2.64. The van der Waals surface area contributed by atoms with Crippen LogP contribution in [-0.2, 0) is 0 Å². The summed E-state index contributed by atoms with van der Waals surface area (Å²) >= 11 is 0. The lowest BCUT2D eigenvalue weighted by Crippen LogP contribution is -2.20. The van der Waals surface area contributed by atoms with Gasteiger partial charge in [0.05, 0.1) is 11.5 Å². The summed E-state index contributed by atoms with van der Waals surface area (Å²) in [5.41, 5.74) is 0.514. The summed E-state index contributed by atoms with van der Waals surface area (Å²) in [5, 5.41) is 25.6. The van der Waals surface area contributed by atoms with Crippen molar-refractivity contribution in [2.45, 2.75) is 13.0 Å². The van der Waals surface area contributed by atoms with Crippen molar-refractivity contribution in [3.8, 4) is 0 Å². The smallest absolute Gasteiger partial charge is 0.271 e. The molecule has 8 heteroatoms. The van der Waals surface area contributed by atoms with Gasteiger partial charge in [0.1, 0.15) is 5.82 Å². The predicted octanol–water partition coefficient (Wildman–Crippen LogP) is 1.92. The van der Waals surface area contributed by atoms with Gasteiger partial charge in [-0.25, -0.2) is 4.98 Å². The highest BCUT2D eigenvalue weighted by Crippen LogP contribution is 2.20. The van der Waals surface area contributed by atoms with Crippen LogP contribution in [0.2, 0.25) is 0 Å². The van der Waals surface area contributed by atoms with Gasteiger partial charge in [0.25, 0.3) is 5.69 Å². The number of benzene rings is 1. The Morgan fingerprint density at radius 2 is 2.24 bits per heavy atom. The van der Waals surface area contributed by atoms with Crippen molar-refractivity contribution >= 4 is 23.1 Å². The molecule has 21 heavy (non-hydrogen) atoms. The number of nitro groups is 1. The Kier molecular flexibility index (Phi) is 4.62. The number of nitrogens with one attached hydrogen (secondary N) is 2. The van der Waals surface area contributed by atoms with E-state index in [1.54, 1.807) is 24.4 Å². The summed E-state index contributed by atoms with van der Waals surface area (Å²) in [6.07, 6.45) is 1.55. The predicted molar refractivity (Wildman–Crippen MR) is 78.6 cm³/mol. The average molecular weight is 289 g/mol. The molecule has 0 bridgehead atoms. The second-order valence-electron chi connectivity index (χ2n) is 4.43. The minimum absolute atomic E-state index is 0.0109. The van der Waals surface area contributed by atoms with Crippen LogP contribution in [0.3, 0.4) is 0 Å². The molecule has 2 aromatic rings. The monoisotopic (exact) mass is 289 g/mol. The van der Waals surface area contributed by atoms with Gasteiger partial charge in [0.15, 0.2) is 0 Å². The lowest BCUT2D eigenvalue weighted by molar-refractivity contribution is -0.384. The van der Waals surface area contributed by atoms with Gasteiger partial charge < -0.3 is 15.7 Å². The molecule has 0 spiro atoms. The molecule has 3 N–H and O–H groups in total. The van der Waals surface area contributed by atoms with Crippen LogP contribution in [0.15, 0.2) is 36.5 Å². The van der Waals surface area contributed by atoms with Crippen LogP contribution < -0.4 is 10.6 Å². The molecule has 0 radical (unpaired) electrons. The maximum Gasteiger partial charge on any atom is 0.271 e. The van der Waals surface area contributed by atoms with Crippen LogP contribution in [0.5, 0.6) is 0 Å². The number of nitro benzene ring substituents is 1.